The predicted octanol–water partition coefficient (Wildman–Crippen LogP) is 2.04. The molecule has 0 saturated heterocycles. The highest BCUT2D eigenvalue weighted by Crippen LogP contribution is 2.52. The van der Waals surface area contributed by atoms with Crippen molar-refractivity contribution < 1.29 is 29.2 Å². The topological polar surface area (TPSA) is 129 Å². The highest BCUT2D eigenvalue weighted by atomic mass is 31.2. The second kappa shape index (κ2) is 9.71. The van der Waals surface area contributed by atoms with Crippen LogP contribution in [0.15, 0.2) is 42.7 Å². The number of benzene rings is 1. The van der Waals surface area contributed by atoms with Gasteiger partial charge >= 0.3 is 5.97 Å². The average molecular weight is 407 g/mol. The van der Waals surface area contributed by atoms with Crippen LogP contribution in [0.2, 0.25) is 0 Å². The van der Waals surface area contributed by atoms with Gasteiger partial charge in [-0.05, 0) is 30.7 Å². The van der Waals surface area contributed by atoms with E-state index in [1.807, 2.05) is 0 Å². The molecule has 8 nitrogen and oxygen atoms in total. The molecule has 0 saturated carbocycles. The van der Waals surface area contributed by atoms with Gasteiger partial charge in [0.15, 0.2) is 11.9 Å². The number of aromatic nitrogens is 1. The summed E-state index contributed by atoms with van der Waals surface area (Å²) in [5, 5.41) is 12.2. The Labute approximate surface area is 163 Å². The molecule has 2 rings (SSSR count). The van der Waals surface area contributed by atoms with E-state index < -0.39 is 13.7 Å². The number of nitrogens with zero attached hydrogens (tertiary/aromatic N) is 1. The van der Waals surface area contributed by atoms with Crippen LogP contribution in [0.5, 0.6) is 5.75 Å². The zero-order valence-corrected chi connectivity index (χ0v) is 16.6. The van der Waals surface area contributed by atoms with Gasteiger partial charge in [0, 0.05) is 24.0 Å². The summed E-state index contributed by atoms with van der Waals surface area (Å²) in [5.41, 5.74) is 1.37. The van der Waals surface area contributed by atoms with Gasteiger partial charge in [-0.3, -0.25) is 9.78 Å². The number of methoxy groups -OCH3 is 1. The van der Waals surface area contributed by atoms with Crippen LogP contribution in [0.25, 0.3) is 0 Å². The molecule has 0 aliphatic heterocycles. The van der Waals surface area contributed by atoms with Crippen molar-refractivity contribution in [3.8, 4) is 5.75 Å². The number of carboxylic acid groups (broad SMARTS) is 1. The number of ether oxygens (including phenoxy) is 1. The molecule has 4 N–H and O–H groups in total. The van der Waals surface area contributed by atoms with Gasteiger partial charge in [-0.2, -0.15) is 0 Å². The molecule has 150 valence electrons. The largest absolute Gasteiger partial charge is 0.496 e. The normalized spacial score (nSPS) is 12.4. The molecule has 1 aromatic heterocycles. The third-order valence-electron chi connectivity index (χ3n) is 4.15. The molecule has 1 heterocycles. The molecule has 9 heteroatoms. The highest BCUT2D eigenvalue weighted by molar-refractivity contribution is 7.64. The van der Waals surface area contributed by atoms with Gasteiger partial charge in [0.2, 0.25) is 0 Å². The molecular weight excluding hydrogens is 383 g/mol. The summed E-state index contributed by atoms with van der Waals surface area (Å²) in [4.78, 5) is 47.8. The summed E-state index contributed by atoms with van der Waals surface area (Å²) in [5.74, 6) is -1.18. The summed E-state index contributed by atoms with van der Waals surface area (Å²) in [6, 6.07) is 7.87. The van der Waals surface area contributed by atoms with Crippen molar-refractivity contribution in [2.75, 3.05) is 19.8 Å². The van der Waals surface area contributed by atoms with Crippen LogP contribution in [-0.4, -0.2) is 51.4 Å². The summed E-state index contributed by atoms with van der Waals surface area (Å²) >= 11 is 0. The first-order valence-electron chi connectivity index (χ1n) is 8.59. The second-order valence-corrected chi connectivity index (χ2v) is 8.85. The maximum Gasteiger partial charge on any atom is 0.339 e. The van der Waals surface area contributed by atoms with Gasteiger partial charge in [-0.15, -0.1) is 0 Å². The number of ketones is 1. The summed E-state index contributed by atoms with van der Waals surface area (Å²) in [6.45, 7) is 1.72. The van der Waals surface area contributed by atoms with Gasteiger partial charge < -0.3 is 15.2 Å². The van der Waals surface area contributed by atoms with Crippen LogP contribution in [0, 0.1) is 0 Å². The predicted molar refractivity (Wildman–Crippen MR) is 106 cm³/mol. The Bertz CT molecular complexity index is 828. The number of hydrogen-bond donors (Lipinski definition) is 4. The molecule has 0 aliphatic carbocycles. The van der Waals surface area contributed by atoms with E-state index >= 15 is 0 Å². The maximum absolute atomic E-state index is 12.2. The van der Waals surface area contributed by atoms with Crippen LogP contribution in [0.4, 0.5) is 0 Å². The van der Waals surface area contributed by atoms with Gasteiger partial charge in [0.25, 0.3) is 7.72 Å². The molecule has 1 aromatic carbocycles. The molecule has 28 heavy (non-hydrogen) atoms. The smallest absolute Gasteiger partial charge is 0.339 e. The number of carbonyl (C=O) groups excluding carboxylic acids is 1. The number of nitrogens with one attached hydrogen (secondary N) is 1. The van der Waals surface area contributed by atoms with Crippen molar-refractivity contribution in [1.82, 2.24) is 10.3 Å². The molecule has 1 atom stereocenters. The van der Waals surface area contributed by atoms with Gasteiger partial charge in [-0.1, -0.05) is 12.1 Å². The van der Waals surface area contributed by atoms with E-state index in [0.29, 0.717) is 11.1 Å². The van der Waals surface area contributed by atoms with Crippen molar-refractivity contribution in [2.24, 2.45) is 0 Å². The lowest BCUT2D eigenvalue weighted by Gasteiger charge is -2.16. The summed E-state index contributed by atoms with van der Waals surface area (Å²) < 4.78 is 5.03. The van der Waals surface area contributed by atoms with E-state index in [2.05, 4.69) is 10.3 Å². The molecule has 0 amide bonds. The van der Waals surface area contributed by atoms with Gasteiger partial charge in [0.1, 0.15) is 17.5 Å². The van der Waals surface area contributed by atoms with Crippen molar-refractivity contribution in [3.05, 3.63) is 59.4 Å². The molecule has 0 spiro atoms. The third-order valence-corrected chi connectivity index (χ3v) is 5.88. The highest BCUT2D eigenvalue weighted by Gasteiger charge is 2.36. The molecule has 2 aromatic rings. The average Bonchev–Trinajstić information content (AvgIpc) is 2.65. The monoisotopic (exact) mass is 407 g/mol. The fourth-order valence-electron chi connectivity index (χ4n) is 2.73. The Hall–Kier alpha value is -2.38. The number of aromatic carboxylic acids is 1. The zero-order valence-electron chi connectivity index (χ0n) is 15.7. The first-order valence-corrected chi connectivity index (χ1v) is 10.7. The summed E-state index contributed by atoms with van der Waals surface area (Å²) in [6.07, 6.45) is 2.80. The second-order valence-electron chi connectivity index (χ2n) is 6.46. The number of carboxylic acids is 1. The van der Waals surface area contributed by atoms with Crippen LogP contribution < -0.4 is 10.1 Å². The van der Waals surface area contributed by atoms with Crippen LogP contribution >= 0.6 is 7.72 Å². The number of rotatable bonds is 10. The van der Waals surface area contributed by atoms with E-state index in [1.165, 1.54) is 19.4 Å². The fraction of sp³-hybridized carbons (Fsp3) is 0.316. The van der Waals surface area contributed by atoms with Crippen molar-refractivity contribution in [1.29, 1.82) is 0 Å². The van der Waals surface area contributed by atoms with Crippen molar-refractivity contribution in [2.45, 2.75) is 19.1 Å². The Morgan fingerprint density at radius 3 is 2.64 bits per heavy atom. The fourth-order valence-corrected chi connectivity index (χ4v) is 4.29. The SMILES string of the molecule is COc1ccc(C(C)NCC(=O)C[P+](O)(O)Cc2cccnc2)cc1C(=O)O. The third kappa shape index (κ3) is 6.35. The quantitative estimate of drug-likeness (QED) is 0.441. The number of hydrogen-bond acceptors (Lipinski definition) is 7. The van der Waals surface area contributed by atoms with Crippen LogP contribution in [-0.2, 0) is 11.0 Å². The van der Waals surface area contributed by atoms with Crippen molar-refractivity contribution in [3.63, 3.8) is 0 Å². The standard InChI is InChI=1S/C19H23N2O6P/c1-13(15-5-6-18(27-2)17(8-15)19(23)24)21-10-16(22)12-28(25,26)11-14-4-3-7-20-9-14/h3-9,13,21,25-26H,10-12H2,1-2H3/p+1. The molecular formula is C19H24N2O6P+. The number of Topliss-reactive ketones (excluding diaryl/α,β-unsaturated/α-hetero) is 1. The van der Waals surface area contributed by atoms with Gasteiger partial charge in [-0.25, -0.2) is 14.6 Å². The minimum absolute atomic E-state index is 0.00256. The lowest BCUT2D eigenvalue weighted by atomic mass is 10.0. The lowest BCUT2D eigenvalue weighted by Crippen LogP contribution is -2.28. The Morgan fingerprint density at radius 1 is 1.29 bits per heavy atom. The van der Waals surface area contributed by atoms with E-state index in [0.717, 1.165) is 0 Å². The maximum atomic E-state index is 12.2. The Morgan fingerprint density at radius 2 is 2.04 bits per heavy atom. The van der Waals surface area contributed by atoms with Crippen molar-refractivity contribution >= 4 is 19.5 Å². The van der Waals surface area contributed by atoms with E-state index in [4.69, 9.17) is 4.74 Å². The molecule has 0 fully saturated rings. The minimum Gasteiger partial charge on any atom is -0.496 e. The molecule has 0 aliphatic rings. The summed E-state index contributed by atoms with van der Waals surface area (Å²) in [7, 11) is -2.01. The minimum atomic E-state index is -3.41. The van der Waals surface area contributed by atoms with E-state index in [-0.39, 0.29) is 42.0 Å². The Kier molecular flexibility index (Phi) is 7.60. The van der Waals surface area contributed by atoms with Crippen LogP contribution in [0.3, 0.4) is 0 Å². The van der Waals surface area contributed by atoms with E-state index in [9.17, 15) is 24.5 Å². The molecule has 1 unspecified atom stereocenters. The van der Waals surface area contributed by atoms with Crippen LogP contribution in [0.1, 0.15) is 34.5 Å². The van der Waals surface area contributed by atoms with E-state index in [1.54, 1.807) is 37.4 Å². The number of carbonyl (C=O) groups is 2. The molecule has 0 radical (unpaired) electrons. The first-order chi connectivity index (χ1) is 13.2. The number of pyridine rings is 1. The zero-order chi connectivity index (χ0) is 20.7. The Balaban J connectivity index is 1.93. The molecule has 0 bridgehead atoms. The van der Waals surface area contributed by atoms with Gasteiger partial charge in [0.05, 0.1) is 13.7 Å². The lowest BCUT2D eigenvalue weighted by molar-refractivity contribution is -0.116. The first kappa shape index (κ1) is 21.9.